The highest BCUT2D eigenvalue weighted by Gasteiger charge is 2.32. The summed E-state index contributed by atoms with van der Waals surface area (Å²) in [5, 5.41) is 5.87. The number of carbonyl (C=O) groups excluding carboxylic acids is 3. The van der Waals surface area contributed by atoms with E-state index in [0.29, 0.717) is 29.9 Å². The number of hydrogen-bond donors (Lipinski definition) is 2. The molecular formula is C25H29N3O4S. The molecule has 4 rings (SSSR count). The molecule has 7 nitrogen and oxygen atoms in total. The number of nitrogens with one attached hydrogen (secondary N) is 2. The SMILES string of the molecule is Cc1ccc2c(c1)C(=O)Nc1cc(C(=O)NCC3CCCN3C(=O)OC(C)(C)C)ccc1S2. The van der Waals surface area contributed by atoms with Crippen molar-refractivity contribution < 1.29 is 19.1 Å². The maximum atomic E-state index is 12.9. The van der Waals surface area contributed by atoms with E-state index in [9.17, 15) is 14.4 Å². The van der Waals surface area contributed by atoms with Gasteiger partial charge in [0.25, 0.3) is 11.8 Å². The molecule has 3 amide bonds. The quantitative estimate of drug-likeness (QED) is 0.674. The third kappa shape index (κ3) is 5.33. The molecule has 1 unspecified atom stereocenters. The monoisotopic (exact) mass is 467 g/mol. The van der Waals surface area contributed by atoms with Crippen molar-refractivity contribution in [3.8, 4) is 0 Å². The lowest BCUT2D eigenvalue weighted by Crippen LogP contribution is -2.45. The average molecular weight is 468 g/mol. The molecule has 1 saturated heterocycles. The number of anilines is 1. The highest BCUT2D eigenvalue weighted by molar-refractivity contribution is 7.99. The molecule has 2 heterocycles. The molecule has 0 aliphatic carbocycles. The van der Waals surface area contributed by atoms with Crippen molar-refractivity contribution in [2.24, 2.45) is 0 Å². The van der Waals surface area contributed by atoms with Gasteiger partial charge in [0.2, 0.25) is 0 Å². The predicted molar refractivity (Wildman–Crippen MR) is 128 cm³/mol. The fourth-order valence-electron chi connectivity index (χ4n) is 4.00. The standard InChI is InChI=1S/C25H29N3O4S/c1-15-7-9-20-18(12-15)23(30)27-19-13-16(8-10-21(19)33-20)22(29)26-14-17-6-5-11-28(17)24(31)32-25(2,3)4/h7-10,12-13,17H,5-6,11,14H2,1-4H3,(H,26,29)(H,27,30). The van der Waals surface area contributed by atoms with Crippen LogP contribution in [-0.2, 0) is 4.74 Å². The summed E-state index contributed by atoms with van der Waals surface area (Å²) in [6.07, 6.45) is 1.34. The van der Waals surface area contributed by atoms with Gasteiger partial charge in [-0.1, -0.05) is 23.4 Å². The van der Waals surface area contributed by atoms with Gasteiger partial charge in [-0.05, 0) is 70.9 Å². The summed E-state index contributed by atoms with van der Waals surface area (Å²) in [7, 11) is 0. The number of benzene rings is 2. The number of rotatable bonds is 3. The first-order valence-electron chi connectivity index (χ1n) is 11.1. The van der Waals surface area contributed by atoms with E-state index in [1.165, 1.54) is 11.8 Å². The molecule has 8 heteroatoms. The van der Waals surface area contributed by atoms with E-state index in [1.54, 1.807) is 17.0 Å². The van der Waals surface area contributed by atoms with Gasteiger partial charge in [0.05, 0.1) is 17.3 Å². The lowest BCUT2D eigenvalue weighted by molar-refractivity contribution is 0.0225. The molecule has 2 aliphatic rings. The van der Waals surface area contributed by atoms with Gasteiger partial charge in [0.1, 0.15) is 5.60 Å². The first kappa shape index (κ1) is 23.2. The topological polar surface area (TPSA) is 87.7 Å². The molecule has 2 aromatic rings. The van der Waals surface area contributed by atoms with E-state index < -0.39 is 5.60 Å². The highest BCUT2D eigenvalue weighted by Crippen LogP contribution is 2.39. The molecule has 2 N–H and O–H groups in total. The Labute approximate surface area is 198 Å². The lowest BCUT2D eigenvalue weighted by Gasteiger charge is -2.28. The summed E-state index contributed by atoms with van der Waals surface area (Å²) >= 11 is 1.50. The molecule has 0 saturated carbocycles. The van der Waals surface area contributed by atoms with E-state index in [1.807, 2.05) is 52.0 Å². The molecule has 1 fully saturated rings. The largest absolute Gasteiger partial charge is 0.444 e. The van der Waals surface area contributed by atoms with Crippen molar-refractivity contribution >= 4 is 35.4 Å². The third-order valence-corrected chi connectivity index (χ3v) is 6.74. The molecule has 2 aromatic carbocycles. The van der Waals surface area contributed by atoms with Gasteiger partial charge in [-0.15, -0.1) is 0 Å². The molecule has 0 spiro atoms. The summed E-state index contributed by atoms with van der Waals surface area (Å²) in [5.41, 5.74) is 2.16. The molecule has 0 radical (unpaired) electrons. The van der Waals surface area contributed by atoms with Crippen molar-refractivity contribution in [2.75, 3.05) is 18.4 Å². The van der Waals surface area contributed by atoms with E-state index >= 15 is 0 Å². The number of ether oxygens (including phenoxy) is 1. The summed E-state index contributed by atoms with van der Waals surface area (Å²) in [5.74, 6) is -0.429. The van der Waals surface area contributed by atoms with Crippen molar-refractivity contribution in [1.29, 1.82) is 0 Å². The lowest BCUT2D eigenvalue weighted by atomic mass is 10.1. The zero-order chi connectivity index (χ0) is 23.8. The molecule has 1 atom stereocenters. The second-order valence-corrected chi connectivity index (χ2v) is 10.5. The van der Waals surface area contributed by atoms with Crippen LogP contribution in [0.2, 0.25) is 0 Å². The molecule has 0 aromatic heterocycles. The van der Waals surface area contributed by atoms with Crippen molar-refractivity contribution in [2.45, 2.75) is 62.0 Å². The zero-order valence-corrected chi connectivity index (χ0v) is 20.2. The van der Waals surface area contributed by atoms with Crippen molar-refractivity contribution in [1.82, 2.24) is 10.2 Å². The number of hydrogen-bond acceptors (Lipinski definition) is 5. The first-order chi connectivity index (χ1) is 15.6. The summed E-state index contributed by atoms with van der Waals surface area (Å²) in [6, 6.07) is 11.0. The summed E-state index contributed by atoms with van der Waals surface area (Å²) in [6.45, 7) is 8.44. The maximum absolute atomic E-state index is 12.9. The van der Waals surface area contributed by atoms with Crippen LogP contribution >= 0.6 is 11.8 Å². The Hall–Kier alpha value is -3.00. The Morgan fingerprint density at radius 2 is 1.94 bits per heavy atom. The Morgan fingerprint density at radius 1 is 1.18 bits per heavy atom. The van der Waals surface area contributed by atoms with Crippen molar-refractivity contribution in [3.05, 3.63) is 53.1 Å². The number of likely N-dealkylation sites (tertiary alicyclic amines) is 1. The number of aryl methyl sites for hydroxylation is 1. The molecule has 2 aliphatic heterocycles. The van der Waals surface area contributed by atoms with Crippen LogP contribution in [0.4, 0.5) is 10.5 Å². The number of nitrogens with zero attached hydrogens (tertiary/aromatic N) is 1. The smallest absolute Gasteiger partial charge is 0.410 e. The molecule has 174 valence electrons. The van der Waals surface area contributed by atoms with Gasteiger partial charge in [-0.3, -0.25) is 9.59 Å². The second kappa shape index (κ2) is 9.09. The Bertz CT molecular complexity index is 1110. The Kier molecular flexibility index (Phi) is 6.38. The van der Waals surface area contributed by atoms with Gasteiger partial charge in [-0.25, -0.2) is 4.79 Å². The van der Waals surface area contributed by atoms with Crippen LogP contribution in [0.1, 0.15) is 59.9 Å². The van der Waals surface area contributed by atoms with Crippen LogP contribution in [0.5, 0.6) is 0 Å². The molecule has 0 bridgehead atoms. The van der Waals surface area contributed by atoms with Gasteiger partial charge in [-0.2, -0.15) is 0 Å². The average Bonchev–Trinajstić information content (AvgIpc) is 3.16. The van der Waals surface area contributed by atoms with Crippen LogP contribution in [0.15, 0.2) is 46.2 Å². The third-order valence-electron chi connectivity index (χ3n) is 5.59. The van der Waals surface area contributed by atoms with Crippen LogP contribution in [0.25, 0.3) is 0 Å². The number of amides is 3. The molecule has 33 heavy (non-hydrogen) atoms. The minimum Gasteiger partial charge on any atom is -0.444 e. The Morgan fingerprint density at radius 3 is 2.70 bits per heavy atom. The van der Waals surface area contributed by atoms with Gasteiger partial charge in [0.15, 0.2) is 0 Å². The number of carbonyl (C=O) groups is 3. The van der Waals surface area contributed by atoms with Crippen LogP contribution < -0.4 is 10.6 Å². The van der Waals surface area contributed by atoms with E-state index in [0.717, 1.165) is 28.2 Å². The predicted octanol–water partition coefficient (Wildman–Crippen LogP) is 4.84. The minimum atomic E-state index is -0.559. The van der Waals surface area contributed by atoms with E-state index in [4.69, 9.17) is 4.74 Å². The fraction of sp³-hybridized carbons (Fsp3) is 0.400. The normalized spacial score (nSPS) is 17.5. The summed E-state index contributed by atoms with van der Waals surface area (Å²) in [4.78, 5) is 41.5. The van der Waals surface area contributed by atoms with Crippen molar-refractivity contribution in [3.63, 3.8) is 0 Å². The van der Waals surface area contributed by atoms with Crippen LogP contribution in [0, 0.1) is 6.92 Å². The zero-order valence-electron chi connectivity index (χ0n) is 19.4. The first-order valence-corrected chi connectivity index (χ1v) is 11.9. The number of fused-ring (bicyclic) bond motifs is 2. The summed E-state index contributed by atoms with van der Waals surface area (Å²) < 4.78 is 5.49. The highest BCUT2D eigenvalue weighted by atomic mass is 32.2. The fourth-order valence-corrected chi connectivity index (χ4v) is 4.99. The second-order valence-electron chi connectivity index (χ2n) is 9.45. The van der Waals surface area contributed by atoms with E-state index in [-0.39, 0.29) is 23.9 Å². The van der Waals surface area contributed by atoms with E-state index in [2.05, 4.69) is 10.6 Å². The minimum absolute atomic E-state index is 0.0994. The van der Waals surface area contributed by atoms with Gasteiger partial charge >= 0.3 is 6.09 Å². The van der Waals surface area contributed by atoms with Gasteiger partial charge < -0.3 is 20.3 Å². The Balaban J connectivity index is 1.43. The van der Waals surface area contributed by atoms with Crippen LogP contribution in [0.3, 0.4) is 0 Å². The molecular weight excluding hydrogens is 438 g/mol. The van der Waals surface area contributed by atoms with Gasteiger partial charge in [0, 0.05) is 28.4 Å². The maximum Gasteiger partial charge on any atom is 0.410 e. The van der Waals surface area contributed by atoms with Crippen LogP contribution in [-0.4, -0.2) is 47.5 Å².